The van der Waals surface area contributed by atoms with Crippen LogP contribution in [0.25, 0.3) is 0 Å². The molecule has 8 heteroatoms. The van der Waals surface area contributed by atoms with Crippen LogP contribution in [-0.2, 0) is 0 Å². The average molecular weight is 321 g/mol. The Labute approximate surface area is 131 Å². The molecule has 0 saturated carbocycles. The lowest BCUT2D eigenvalue weighted by atomic mass is 10.2. The van der Waals surface area contributed by atoms with E-state index in [0.29, 0.717) is 11.4 Å². The van der Waals surface area contributed by atoms with Crippen molar-refractivity contribution in [3.05, 3.63) is 58.4 Å². The zero-order valence-electron chi connectivity index (χ0n) is 11.5. The maximum atomic E-state index is 13.7. The van der Waals surface area contributed by atoms with Crippen LogP contribution >= 0.6 is 12.2 Å². The molecule has 0 fully saturated rings. The lowest BCUT2D eigenvalue weighted by Crippen LogP contribution is -2.20. The monoisotopic (exact) mass is 321 g/mol. The second kappa shape index (κ2) is 6.81. The smallest absolute Gasteiger partial charge is 0.271 e. The number of non-ortho nitro benzene ring substituents is 1. The van der Waals surface area contributed by atoms with Crippen molar-refractivity contribution in [1.82, 2.24) is 0 Å². The van der Waals surface area contributed by atoms with Crippen LogP contribution < -0.4 is 15.4 Å². The molecule has 114 valence electrons. The van der Waals surface area contributed by atoms with E-state index in [1.165, 1.54) is 7.11 Å². The molecular formula is C14H12FN3O3S. The highest BCUT2D eigenvalue weighted by atomic mass is 32.1. The number of halogens is 1. The van der Waals surface area contributed by atoms with Crippen molar-refractivity contribution in [1.29, 1.82) is 0 Å². The molecule has 0 bridgehead atoms. The van der Waals surface area contributed by atoms with E-state index in [2.05, 4.69) is 10.6 Å². The molecule has 0 saturated heterocycles. The van der Waals surface area contributed by atoms with Crippen molar-refractivity contribution in [2.75, 3.05) is 17.7 Å². The minimum atomic E-state index is -0.644. The lowest BCUT2D eigenvalue weighted by molar-refractivity contribution is -0.384. The molecule has 0 unspecified atom stereocenters. The van der Waals surface area contributed by atoms with Crippen LogP contribution in [0.5, 0.6) is 5.75 Å². The predicted molar refractivity (Wildman–Crippen MR) is 85.9 cm³/mol. The highest BCUT2D eigenvalue weighted by Gasteiger charge is 2.12. The van der Waals surface area contributed by atoms with Crippen LogP contribution in [0.1, 0.15) is 0 Å². The van der Waals surface area contributed by atoms with E-state index >= 15 is 0 Å². The van der Waals surface area contributed by atoms with Gasteiger partial charge in [0.15, 0.2) is 5.11 Å². The van der Waals surface area contributed by atoms with Crippen molar-refractivity contribution in [3.63, 3.8) is 0 Å². The van der Waals surface area contributed by atoms with Gasteiger partial charge in [-0.1, -0.05) is 12.1 Å². The molecule has 22 heavy (non-hydrogen) atoms. The Hall–Kier alpha value is -2.74. The maximum absolute atomic E-state index is 13.7. The van der Waals surface area contributed by atoms with Crippen LogP contribution in [0.3, 0.4) is 0 Å². The number of nitrogens with zero attached hydrogens (tertiary/aromatic N) is 1. The Kier molecular flexibility index (Phi) is 4.84. The van der Waals surface area contributed by atoms with Gasteiger partial charge in [0.25, 0.3) is 5.69 Å². The molecule has 0 heterocycles. The van der Waals surface area contributed by atoms with Gasteiger partial charge in [0, 0.05) is 12.1 Å². The molecule has 0 atom stereocenters. The van der Waals surface area contributed by atoms with E-state index in [4.69, 9.17) is 17.0 Å². The van der Waals surface area contributed by atoms with E-state index in [1.54, 1.807) is 24.3 Å². The highest BCUT2D eigenvalue weighted by molar-refractivity contribution is 7.80. The molecule has 2 rings (SSSR count). The first-order chi connectivity index (χ1) is 10.5. The lowest BCUT2D eigenvalue weighted by Gasteiger charge is -2.13. The number of methoxy groups -OCH3 is 1. The number of thiocarbonyl (C=S) groups is 1. The molecule has 0 aromatic heterocycles. The van der Waals surface area contributed by atoms with Gasteiger partial charge in [0.1, 0.15) is 11.6 Å². The number of benzene rings is 2. The Morgan fingerprint density at radius 2 is 1.91 bits per heavy atom. The van der Waals surface area contributed by atoms with Crippen molar-refractivity contribution in [2.45, 2.75) is 0 Å². The van der Waals surface area contributed by atoms with Crippen molar-refractivity contribution < 1.29 is 14.1 Å². The molecule has 0 aliphatic rings. The van der Waals surface area contributed by atoms with Crippen LogP contribution in [0.2, 0.25) is 0 Å². The molecule has 0 aliphatic carbocycles. The SMILES string of the molecule is COc1ccccc1NC(=S)Nc1cc([N+](=O)[O-])ccc1F. The molecule has 6 nitrogen and oxygen atoms in total. The summed E-state index contributed by atoms with van der Waals surface area (Å²) in [6, 6.07) is 10.2. The summed E-state index contributed by atoms with van der Waals surface area (Å²) in [6.07, 6.45) is 0. The fourth-order valence-corrected chi connectivity index (χ4v) is 1.97. The molecule has 2 aromatic rings. The third kappa shape index (κ3) is 3.67. The van der Waals surface area contributed by atoms with E-state index in [0.717, 1.165) is 18.2 Å². The second-order valence-corrected chi connectivity index (χ2v) is 4.61. The number of rotatable bonds is 4. The molecule has 2 N–H and O–H groups in total. The Balaban J connectivity index is 2.15. The van der Waals surface area contributed by atoms with Gasteiger partial charge in [0.05, 0.1) is 23.4 Å². The zero-order valence-corrected chi connectivity index (χ0v) is 12.3. The van der Waals surface area contributed by atoms with Gasteiger partial charge in [-0.2, -0.15) is 0 Å². The number of hydrogen-bond donors (Lipinski definition) is 2. The first kappa shape index (κ1) is 15.6. The van der Waals surface area contributed by atoms with Crippen molar-refractivity contribution in [2.24, 2.45) is 0 Å². The van der Waals surface area contributed by atoms with Gasteiger partial charge in [-0.25, -0.2) is 4.39 Å². The first-order valence-corrected chi connectivity index (χ1v) is 6.57. The standard InChI is InChI=1S/C14H12FN3O3S/c1-21-13-5-3-2-4-11(13)16-14(22)17-12-8-9(18(19)20)6-7-10(12)15/h2-8H,1H3,(H2,16,17,22). The minimum absolute atomic E-state index is 0.0819. The molecule has 0 amide bonds. The predicted octanol–water partition coefficient (Wildman–Crippen LogP) is 3.55. The average Bonchev–Trinajstić information content (AvgIpc) is 2.49. The second-order valence-electron chi connectivity index (χ2n) is 4.20. The third-order valence-electron chi connectivity index (χ3n) is 2.76. The van der Waals surface area contributed by atoms with Crippen LogP contribution in [0.4, 0.5) is 21.5 Å². The molecule has 2 aromatic carbocycles. The summed E-state index contributed by atoms with van der Waals surface area (Å²) in [5.41, 5.74) is 0.277. The van der Waals surface area contributed by atoms with Gasteiger partial charge in [-0.05, 0) is 30.4 Å². The van der Waals surface area contributed by atoms with Gasteiger partial charge < -0.3 is 15.4 Å². The number of anilines is 2. The topological polar surface area (TPSA) is 76.4 Å². The molecule has 0 radical (unpaired) electrons. The number of nitro groups is 1. The van der Waals surface area contributed by atoms with Gasteiger partial charge in [-0.3, -0.25) is 10.1 Å². The maximum Gasteiger partial charge on any atom is 0.271 e. The quantitative estimate of drug-likeness (QED) is 0.509. The minimum Gasteiger partial charge on any atom is -0.495 e. The summed E-state index contributed by atoms with van der Waals surface area (Å²) in [6.45, 7) is 0. The molecule has 0 aliphatic heterocycles. The summed E-state index contributed by atoms with van der Waals surface area (Å²) < 4.78 is 18.8. The van der Waals surface area contributed by atoms with E-state index < -0.39 is 10.7 Å². The summed E-state index contributed by atoms with van der Waals surface area (Å²) in [4.78, 5) is 10.1. The van der Waals surface area contributed by atoms with Gasteiger partial charge in [0.2, 0.25) is 0 Å². The highest BCUT2D eigenvalue weighted by Crippen LogP contribution is 2.24. The summed E-state index contributed by atoms with van der Waals surface area (Å²) in [5, 5.41) is 16.2. The van der Waals surface area contributed by atoms with Crippen molar-refractivity contribution >= 4 is 34.4 Å². The van der Waals surface area contributed by atoms with Crippen molar-refractivity contribution in [3.8, 4) is 5.75 Å². The van der Waals surface area contributed by atoms with E-state index in [9.17, 15) is 14.5 Å². The van der Waals surface area contributed by atoms with E-state index in [-0.39, 0.29) is 16.5 Å². The normalized spacial score (nSPS) is 9.91. The number of hydrogen-bond acceptors (Lipinski definition) is 4. The summed E-state index contributed by atoms with van der Waals surface area (Å²) in [7, 11) is 1.51. The van der Waals surface area contributed by atoms with Crippen LogP contribution in [0, 0.1) is 15.9 Å². The number of nitro benzene ring substituents is 1. The first-order valence-electron chi connectivity index (χ1n) is 6.16. The number of nitrogens with one attached hydrogen (secondary N) is 2. The fraction of sp³-hybridized carbons (Fsp3) is 0.0714. The molecular weight excluding hydrogens is 309 g/mol. The summed E-state index contributed by atoms with van der Waals surface area (Å²) >= 11 is 5.08. The van der Waals surface area contributed by atoms with Gasteiger partial charge in [-0.15, -0.1) is 0 Å². The summed E-state index contributed by atoms with van der Waals surface area (Å²) in [5.74, 6) is -0.0825. The largest absolute Gasteiger partial charge is 0.495 e. The Morgan fingerprint density at radius 3 is 2.59 bits per heavy atom. The third-order valence-corrected chi connectivity index (χ3v) is 2.97. The number of ether oxygens (including phenoxy) is 1. The van der Waals surface area contributed by atoms with Gasteiger partial charge >= 0.3 is 0 Å². The molecule has 0 spiro atoms. The number of para-hydroxylation sites is 2. The Morgan fingerprint density at radius 1 is 1.23 bits per heavy atom. The van der Waals surface area contributed by atoms with E-state index in [1.807, 2.05) is 0 Å². The van der Waals surface area contributed by atoms with Crippen LogP contribution in [0.15, 0.2) is 42.5 Å². The Bertz CT molecular complexity index is 724. The fourth-order valence-electron chi connectivity index (χ4n) is 1.75. The zero-order chi connectivity index (χ0) is 16.1. The van der Waals surface area contributed by atoms with Crippen LogP contribution in [-0.4, -0.2) is 17.1 Å².